The van der Waals surface area contributed by atoms with Crippen LogP contribution < -0.4 is 0 Å². The molecule has 0 aromatic carbocycles. The predicted molar refractivity (Wildman–Crippen MR) is 111 cm³/mol. The van der Waals surface area contributed by atoms with Crippen molar-refractivity contribution in [2.75, 3.05) is 12.3 Å². The third-order valence-corrected chi connectivity index (χ3v) is 7.58. The van der Waals surface area contributed by atoms with Gasteiger partial charge in [-0.05, 0) is 31.1 Å². The predicted octanol–water partition coefficient (Wildman–Crippen LogP) is 3.94. The van der Waals surface area contributed by atoms with E-state index in [1.807, 2.05) is 13.8 Å². The third kappa shape index (κ3) is 8.14. The van der Waals surface area contributed by atoms with E-state index in [1.165, 1.54) is 6.42 Å². The van der Waals surface area contributed by atoms with Crippen molar-refractivity contribution >= 4 is 15.6 Å². The fourth-order valence-corrected chi connectivity index (χ4v) is 5.85. The molecule has 27 heavy (non-hydrogen) atoms. The van der Waals surface area contributed by atoms with Gasteiger partial charge in [-0.15, -0.1) is 0 Å². The van der Waals surface area contributed by atoms with Gasteiger partial charge < -0.3 is 19.1 Å². The second kappa shape index (κ2) is 13.6. The molecule has 0 bridgehead atoms. The van der Waals surface area contributed by atoms with Crippen LogP contribution in [-0.4, -0.2) is 55.7 Å². The summed E-state index contributed by atoms with van der Waals surface area (Å²) in [5.74, 6) is 1.04. The standard InChI is InChI=1S/C17H32BO4P.C3H8.Y/c1-9(2)16-13(11(4)17(18)22-16)8-23(20)7-6-14-15(19)10(3)12(5)21-14;1-3-2;/h9-17,19,23H,6-8H2,1-5H3;3H2,1-2H3;/t10?,11?,12-,13+,14+,15+,16+,17+;;/m0../s1. The average molecular weight is 475 g/mol. The Morgan fingerprint density at radius 1 is 1.11 bits per heavy atom. The Labute approximate surface area is 194 Å². The first-order valence-electron chi connectivity index (χ1n) is 10.4. The van der Waals surface area contributed by atoms with Crippen molar-refractivity contribution < 1.29 is 51.9 Å². The number of rotatable bonds is 6. The van der Waals surface area contributed by atoms with E-state index in [4.69, 9.17) is 17.3 Å². The van der Waals surface area contributed by atoms with Gasteiger partial charge in [0.15, 0.2) is 0 Å². The molecular formula is C20H40BO4PY. The van der Waals surface area contributed by atoms with E-state index in [1.54, 1.807) is 0 Å². The second-order valence-electron chi connectivity index (χ2n) is 8.55. The average Bonchev–Trinajstić information content (AvgIpc) is 2.99. The van der Waals surface area contributed by atoms with Crippen molar-refractivity contribution in [2.24, 2.45) is 23.7 Å². The molecule has 2 aliphatic heterocycles. The van der Waals surface area contributed by atoms with Crippen LogP contribution in [0.3, 0.4) is 0 Å². The summed E-state index contributed by atoms with van der Waals surface area (Å²) >= 11 is 0. The molecule has 9 atom stereocenters. The summed E-state index contributed by atoms with van der Waals surface area (Å²) in [5.41, 5.74) is 0. The molecular weight excluding hydrogens is 435 g/mol. The van der Waals surface area contributed by atoms with Gasteiger partial charge in [-0.25, -0.2) is 0 Å². The molecule has 155 valence electrons. The molecule has 0 amide bonds. The molecule has 0 spiro atoms. The number of aliphatic hydroxyl groups excluding tert-OH is 1. The third-order valence-electron chi connectivity index (χ3n) is 5.81. The van der Waals surface area contributed by atoms with Crippen molar-refractivity contribution in [1.29, 1.82) is 0 Å². The maximum absolute atomic E-state index is 12.6. The first-order valence-corrected chi connectivity index (χ1v) is 12.2. The SMILES string of the molecule is CCC.[B][C@@H]1O[C@H](C(C)C)[C@H](C[PH](=O)CC[C@H]2O[C@@H](C)C(C)[C@H]2O)C1C.[Y]. The molecule has 0 aliphatic carbocycles. The van der Waals surface area contributed by atoms with E-state index in [0.29, 0.717) is 24.7 Å². The summed E-state index contributed by atoms with van der Waals surface area (Å²) in [6, 6.07) is -0.246. The van der Waals surface area contributed by atoms with Crippen LogP contribution in [0.5, 0.6) is 0 Å². The summed E-state index contributed by atoms with van der Waals surface area (Å²) in [4.78, 5) is 0. The molecule has 2 fully saturated rings. The Morgan fingerprint density at radius 3 is 2.11 bits per heavy atom. The Hall–Kier alpha value is 1.28. The maximum Gasteiger partial charge on any atom is 0.109 e. The Kier molecular flexibility index (Phi) is 14.2. The summed E-state index contributed by atoms with van der Waals surface area (Å²) < 4.78 is 24.2. The van der Waals surface area contributed by atoms with Crippen LogP contribution in [0.1, 0.15) is 61.3 Å². The Bertz CT molecular complexity index is 440. The first kappa shape index (κ1) is 28.3. The zero-order chi connectivity index (χ0) is 20.0. The van der Waals surface area contributed by atoms with Crippen LogP contribution in [0.2, 0.25) is 0 Å². The molecule has 2 rings (SSSR count). The van der Waals surface area contributed by atoms with Crippen LogP contribution in [0.25, 0.3) is 0 Å². The van der Waals surface area contributed by atoms with Crippen molar-refractivity contribution in [1.82, 2.24) is 0 Å². The maximum atomic E-state index is 12.6. The zero-order valence-corrected chi connectivity index (χ0v) is 22.2. The van der Waals surface area contributed by atoms with Gasteiger partial charge >= 0.3 is 0 Å². The largest absolute Gasteiger partial charge is 0.390 e. The number of hydrogen-bond acceptors (Lipinski definition) is 4. The fraction of sp³-hybridized carbons (Fsp3) is 1.00. The van der Waals surface area contributed by atoms with E-state index >= 15 is 0 Å². The normalized spacial score (nSPS) is 39.6. The number of hydrogen-bond donors (Lipinski definition) is 1. The first-order chi connectivity index (χ1) is 12.1. The molecule has 2 saturated heterocycles. The number of ether oxygens (including phenoxy) is 2. The molecule has 2 aliphatic rings. The molecule has 3 unspecified atom stereocenters. The van der Waals surface area contributed by atoms with Gasteiger partial charge in [0.2, 0.25) is 0 Å². The van der Waals surface area contributed by atoms with Crippen molar-refractivity contribution in [2.45, 2.75) is 91.7 Å². The van der Waals surface area contributed by atoms with E-state index < -0.39 is 13.9 Å². The quantitative estimate of drug-likeness (QED) is 0.468. The van der Waals surface area contributed by atoms with E-state index in [0.717, 1.165) is 0 Å². The summed E-state index contributed by atoms with van der Waals surface area (Å²) in [6.07, 6.45) is 2.81. The van der Waals surface area contributed by atoms with Gasteiger partial charge in [0, 0.05) is 57.0 Å². The molecule has 0 saturated carbocycles. The smallest absolute Gasteiger partial charge is 0.109 e. The zero-order valence-electron chi connectivity index (χ0n) is 18.4. The molecule has 4 nitrogen and oxygen atoms in total. The fourth-order valence-electron chi connectivity index (χ4n) is 3.91. The molecule has 2 heterocycles. The summed E-state index contributed by atoms with van der Waals surface area (Å²) in [7, 11) is 4.31. The summed E-state index contributed by atoms with van der Waals surface area (Å²) in [5, 5.41) is 10.2. The molecule has 7 heteroatoms. The minimum absolute atomic E-state index is 0. The van der Waals surface area contributed by atoms with Gasteiger partial charge in [0.1, 0.15) is 7.85 Å². The van der Waals surface area contributed by atoms with Gasteiger partial charge in [-0.1, -0.05) is 48.0 Å². The van der Waals surface area contributed by atoms with Crippen molar-refractivity contribution in [3.05, 3.63) is 0 Å². The van der Waals surface area contributed by atoms with Crippen LogP contribution in [0.15, 0.2) is 0 Å². The Balaban J connectivity index is 0.00000158. The second-order valence-corrected chi connectivity index (χ2v) is 10.5. The minimum atomic E-state index is -1.72. The van der Waals surface area contributed by atoms with Crippen molar-refractivity contribution in [3.63, 3.8) is 0 Å². The number of aliphatic hydroxyl groups is 1. The van der Waals surface area contributed by atoms with Crippen LogP contribution in [0.4, 0.5) is 0 Å². The molecule has 0 aromatic heterocycles. The van der Waals surface area contributed by atoms with Gasteiger partial charge in [-0.3, -0.25) is 0 Å². The molecule has 0 aromatic rings. The van der Waals surface area contributed by atoms with Crippen LogP contribution in [-0.2, 0) is 46.7 Å². The van der Waals surface area contributed by atoms with Gasteiger partial charge in [0.05, 0.1) is 32.2 Å². The minimum Gasteiger partial charge on any atom is -0.390 e. The van der Waals surface area contributed by atoms with Gasteiger partial charge in [-0.2, -0.15) is 0 Å². The summed E-state index contributed by atoms with van der Waals surface area (Å²) in [6.45, 7) is 14.6. The molecule has 3 radical (unpaired) electrons. The van der Waals surface area contributed by atoms with E-state index in [2.05, 4.69) is 34.6 Å². The molecule has 1 N–H and O–H groups in total. The van der Waals surface area contributed by atoms with Crippen molar-refractivity contribution in [3.8, 4) is 0 Å². The topological polar surface area (TPSA) is 55.8 Å². The van der Waals surface area contributed by atoms with Gasteiger partial charge in [0.25, 0.3) is 0 Å². The van der Waals surface area contributed by atoms with E-state index in [9.17, 15) is 9.67 Å². The van der Waals surface area contributed by atoms with Crippen LogP contribution >= 0.6 is 7.80 Å². The Morgan fingerprint density at radius 2 is 1.67 bits per heavy atom. The van der Waals surface area contributed by atoms with Crippen LogP contribution in [0, 0.1) is 23.7 Å². The monoisotopic (exact) mass is 475 g/mol. The van der Waals surface area contributed by atoms with E-state index in [-0.39, 0.29) is 74.8 Å².